The van der Waals surface area contributed by atoms with Crippen molar-refractivity contribution in [3.05, 3.63) is 34.6 Å². The molecule has 1 aliphatic heterocycles. The maximum atomic E-state index is 13.1. The zero-order chi connectivity index (χ0) is 18.6. The Balaban J connectivity index is 1.91. The Morgan fingerprint density at radius 2 is 2.08 bits per heavy atom. The molecule has 0 spiro atoms. The largest absolute Gasteiger partial charge is 0.440 e. The highest BCUT2D eigenvalue weighted by atomic mass is 35.5. The fourth-order valence-corrected chi connectivity index (χ4v) is 2.64. The lowest BCUT2D eigenvalue weighted by molar-refractivity contribution is -0.162. The molecule has 0 radical (unpaired) electrons. The first-order valence-electron chi connectivity index (χ1n) is 7.39. The van der Waals surface area contributed by atoms with E-state index in [9.17, 15) is 27.2 Å². The lowest BCUT2D eigenvalue weighted by atomic mass is 10.2. The number of hydrogen-bond donors (Lipinski definition) is 1. The first kappa shape index (κ1) is 19.3. The number of nitrogens with zero attached hydrogens (tertiary/aromatic N) is 1. The maximum absolute atomic E-state index is 13.1. The Morgan fingerprint density at radius 1 is 1.36 bits per heavy atom. The number of ether oxygens (including phenoxy) is 1. The number of amides is 2. The maximum Gasteiger partial charge on any atom is 0.422 e. The average Bonchev–Trinajstić information content (AvgIpc) is 3.02. The molecule has 1 aromatic carbocycles. The molecular weight excluding hydrogens is 368 g/mol. The molecule has 1 atom stereocenters. The van der Waals surface area contributed by atoms with Crippen molar-refractivity contribution in [1.29, 1.82) is 0 Å². The van der Waals surface area contributed by atoms with Crippen LogP contribution in [-0.4, -0.2) is 42.3 Å². The van der Waals surface area contributed by atoms with Gasteiger partial charge in [0.05, 0.1) is 5.02 Å². The van der Waals surface area contributed by atoms with Crippen LogP contribution in [0.25, 0.3) is 0 Å². The third kappa shape index (κ3) is 5.48. The van der Waals surface area contributed by atoms with E-state index in [0.717, 1.165) is 11.0 Å². The van der Waals surface area contributed by atoms with Gasteiger partial charge < -0.3 is 10.1 Å². The Labute approximate surface area is 145 Å². The van der Waals surface area contributed by atoms with E-state index in [1.54, 1.807) is 0 Å². The molecule has 25 heavy (non-hydrogen) atoms. The zero-order valence-electron chi connectivity index (χ0n) is 12.9. The van der Waals surface area contributed by atoms with E-state index >= 15 is 0 Å². The van der Waals surface area contributed by atoms with Crippen LogP contribution in [0.5, 0.6) is 0 Å². The summed E-state index contributed by atoms with van der Waals surface area (Å²) >= 11 is 5.64. The normalized spacial score (nSPS) is 17.5. The Kier molecular flexibility index (Phi) is 6.10. The third-order valence-corrected chi connectivity index (χ3v) is 3.89. The van der Waals surface area contributed by atoms with Gasteiger partial charge in [-0.3, -0.25) is 9.69 Å². The number of carbonyl (C=O) groups excluding carboxylic acids is 2. The second kappa shape index (κ2) is 7.90. The van der Waals surface area contributed by atoms with Crippen molar-refractivity contribution in [2.24, 2.45) is 0 Å². The van der Waals surface area contributed by atoms with Crippen molar-refractivity contribution < 1.29 is 31.9 Å². The molecule has 1 aromatic rings. The molecule has 1 fully saturated rings. The molecule has 0 aromatic heterocycles. The number of benzene rings is 1. The highest BCUT2D eigenvalue weighted by Crippen LogP contribution is 2.21. The van der Waals surface area contributed by atoms with Crippen LogP contribution < -0.4 is 5.32 Å². The lowest BCUT2D eigenvalue weighted by Gasteiger charge is -2.23. The predicted molar refractivity (Wildman–Crippen MR) is 80.4 cm³/mol. The number of likely N-dealkylation sites (tertiary alicyclic amines) is 1. The summed E-state index contributed by atoms with van der Waals surface area (Å²) in [6.45, 7) is -1.53. The first-order valence-corrected chi connectivity index (χ1v) is 7.77. The Hall–Kier alpha value is -2.03. The van der Waals surface area contributed by atoms with Crippen LogP contribution in [0.15, 0.2) is 18.2 Å². The molecule has 2 amide bonds. The smallest absolute Gasteiger partial charge is 0.422 e. The number of nitrogens with one attached hydrogen (secondary N) is 1. The molecule has 1 heterocycles. The van der Waals surface area contributed by atoms with Gasteiger partial charge in [0.25, 0.3) is 0 Å². The van der Waals surface area contributed by atoms with Crippen LogP contribution in [0.4, 0.5) is 22.4 Å². The molecule has 0 aliphatic carbocycles. The summed E-state index contributed by atoms with van der Waals surface area (Å²) in [7, 11) is 0. The molecule has 10 heteroatoms. The summed E-state index contributed by atoms with van der Waals surface area (Å²) in [4.78, 5) is 24.9. The van der Waals surface area contributed by atoms with Gasteiger partial charge in [0, 0.05) is 13.1 Å². The van der Waals surface area contributed by atoms with Crippen molar-refractivity contribution >= 4 is 23.6 Å². The number of halogens is 5. The SMILES string of the molecule is O=C(NCc1ccc(F)c(Cl)c1)C1CCCN1C(=O)OCC(F)(F)F. The highest BCUT2D eigenvalue weighted by Gasteiger charge is 2.37. The number of carbonyl (C=O) groups is 2. The molecule has 2 rings (SSSR count). The summed E-state index contributed by atoms with van der Waals surface area (Å²) in [5.74, 6) is -1.12. The minimum Gasteiger partial charge on any atom is -0.440 e. The molecule has 0 bridgehead atoms. The van der Waals surface area contributed by atoms with Crippen molar-refractivity contribution in [1.82, 2.24) is 10.2 Å². The Bertz CT molecular complexity index is 654. The summed E-state index contributed by atoms with van der Waals surface area (Å²) in [6.07, 6.45) is -5.02. The molecule has 138 valence electrons. The van der Waals surface area contributed by atoms with E-state index in [1.165, 1.54) is 12.1 Å². The third-order valence-electron chi connectivity index (χ3n) is 3.60. The zero-order valence-corrected chi connectivity index (χ0v) is 13.7. The highest BCUT2D eigenvalue weighted by molar-refractivity contribution is 6.30. The molecular formula is C15H15ClF4N2O3. The van der Waals surface area contributed by atoms with Crippen LogP contribution in [0.3, 0.4) is 0 Å². The quantitative estimate of drug-likeness (QED) is 0.813. The van der Waals surface area contributed by atoms with Gasteiger partial charge in [-0.1, -0.05) is 17.7 Å². The lowest BCUT2D eigenvalue weighted by Crippen LogP contribution is -2.46. The topological polar surface area (TPSA) is 58.6 Å². The molecule has 0 saturated carbocycles. The fourth-order valence-electron chi connectivity index (χ4n) is 2.44. The van der Waals surface area contributed by atoms with Crippen molar-refractivity contribution in [3.63, 3.8) is 0 Å². The second-order valence-corrected chi connectivity index (χ2v) is 5.89. The number of hydrogen-bond acceptors (Lipinski definition) is 3. The van der Waals surface area contributed by atoms with Gasteiger partial charge in [-0.15, -0.1) is 0 Å². The van der Waals surface area contributed by atoms with Gasteiger partial charge in [-0.2, -0.15) is 13.2 Å². The van der Waals surface area contributed by atoms with Gasteiger partial charge in [-0.05, 0) is 30.5 Å². The van der Waals surface area contributed by atoms with E-state index in [1.807, 2.05) is 0 Å². The van der Waals surface area contributed by atoms with Crippen molar-refractivity contribution in [3.8, 4) is 0 Å². The number of alkyl halides is 3. The van der Waals surface area contributed by atoms with Crippen LogP contribution >= 0.6 is 11.6 Å². The Morgan fingerprint density at radius 3 is 2.72 bits per heavy atom. The predicted octanol–water partition coefficient (Wildman–Crippen LogP) is 3.26. The monoisotopic (exact) mass is 382 g/mol. The molecule has 5 nitrogen and oxygen atoms in total. The van der Waals surface area contributed by atoms with E-state index in [4.69, 9.17) is 11.6 Å². The van der Waals surface area contributed by atoms with Crippen LogP contribution in [0.1, 0.15) is 18.4 Å². The van der Waals surface area contributed by atoms with Gasteiger partial charge in [-0.25, -0.2) is 9.18 Å². The van der Waals surface area contributed by atoms with Crippen LogP contribution in [0.2, 0.25) is 5.02 Å². The molecule has 1 unspecified atom stereocenters. The van der Waals surface area contributed by atoms with Gasteiger partial charge in [0.15, 0.2) is 6.61 Å². The molecule has 1 aliphatic rings. The van der Waals surface area contributed by atoms with Gasteiger partial charge >= 0.3 is 12.3 Å². The van der Waals surface area contributed by atoms with Crippen molar-refractivity contribution in [2.75, 3.05) is 13.2 Å². The van der Waals surface area contributed by atoms with Crippen LogP contribution in [-0.2, 0) is 16.1 Å². The summed E-state index contributed by atoms with van der Waals surface area (Å²) in [5.41, 5.74) is 0.545. The van der Waals surface area contributed by atoms with E-state index < -0.39 is 36.6 Å². The van der Waals surface area contributed by atoms with Crippen LogP contribution in [0, 0.1) is 5.82 Å². The van der Waals surface area contributed by atoms with E-state index in [2.05, 4.69) is 10.1 Å². The minimum atomic E-state index is -4.63. The standard InChI is InChI=1S/C15H15ClF4N2O3/c16-10-6-9(3-4-11(10)17)7-21-13(23)12-2-1-5-22(12)14(24)25-8-15(18,19)20/h3-4,6,12H,1-2,5,7-8H2,(H,21,23). The average molecular weight is 383 g/mol. The summed E-state index contributed by atoms with van der Waals surface area (Å²) < 4.78 is 53.6. The first-order chi connectivity index (χ1) is 11.7. The van der Waals surface area contributed by atoms with E-state index in [-0.39, 0.29) is 18.1 Å². The van der Waals surface area contributed by atoms with Crippen molar-refractivity contribution in [2.45, 2.75) is 31.6 Å². The molecule has 1 saturated heterocycles. The minimum absolute atomic E-state index is 0.0424. The second-order valence-electron chi connectivity index (χ2n) is 5.49. The fraction of sp³-hybridized carbons (Fsp3) is 0.467. The van der Waals surface area contributed by atoms with Gasteiger partial charge in [0.1, 0.15) is 11.9 Å². The summed E-state index contributed by atoms with van der Waals surface area (Å²) in [5, 5.41) is 2.46. The number of rotatable bonds is 4. The van der Waals surface area contributed by atoms with E-state index in [0.29, 0.717) is 18.4 Å². The molecule has 1 N–H and O–H groups in total. The summed E-state index contributed by atoms with van der Waals surface area (Å²) in [6, 6.07) is 3.03. The van der Waals surface area contributed by atoms with Gasteiger partial charge in [0.2, 0.25) is 5.91 Å².